The van der Waals surface area contributed by atoms with Gasteiger partial charge in [-0.2, -0.15) is 0 Å². The average molecular weight is 137 g/mol. The van der Waals surface area contributed by atoms with Gasteiger partial charge in [0.1, 0.15) is 0 Å². The minimum Gasteiger partial charge on any atom is -0.269 e. The van der Waals surface area contributed by atoms with E-state index in [9.17, 15) is 8.42 Å². The Labute approximate surface area is 50.8 Å². The lowest BCUT2D eigenvalue weighted by molar-refractivity contribution is 0.260. The summed E-state index contributed by atoms with van der Waals surface area (Å²) < 4.78 is 23.7. The summed E-state index contributed by atoms with van der Waals surface area (Å²) in [7, 11) is -2.71. The first-order chi connectivity index (χ1) is 3.66. The maximum atomic E-state index is 9.74. The van der Waals surface area contributed by atoms with Crippen molar-refractivity contribution in [2.45, 2.75) is 19.4 Å². The van der Waals surface area contributed by atoms with Gasteiger partial charge >= 0.3 is 0 Å². The molecule has 1 atom stereocenters. The first-order valence-electron chi connectivity index (χ1n) is 2.31. The molecule has 0 saturated heterocycles. The molecule has 0 bridgehead atoms. The van der Waals surface area contributed by atoms with Gasteiger partial charge in [-0.05, 0) is 13.3 Å². The van der Waals surface area contributed by atoms with E-state index in [1.165, 1.54) is 0 Å². The second-order valence-electron chi connectivity index (χ2n) is 1.36. The summed E-state index contributed by atoms with van der Waals surface area (Å²) in [6.07, 6.45) is 0.194. The van der Waals surface area contributed by atoms with E-state index in [1.54, 1.807) is 6.92 Å². The molecule has 8 heavy (non-hydrogen) atoms. The van der Waals surface area contributed by atoms with Crippen LogP contribution in [0.15, 0.2) is 0 Å². The van der Waals surface area contributed by atoms with Crippen LogP contribution in [-0.4, -0.2) is 14.5 Å². The van der Waals surface area contributed by atoms with E-state index in [1.807, 2.05) is 0 Å². The summed E-state index contributed by atoms with van der Waals surface area (Å²) in [5, 5.41) is 0. The zero-order chi connectivity index (χ0) is 6.57. The zero-order valence-electron chi connectivity index (χ0n) is 4.66. The lowest BCUT2D eigenvalue weighted by Crippen LogP contribution is -2.04. The maximum absolute atomic E-state index is 9.74. The van der Waals surface area contributed by atoms with Gasteiger partial charge in [-0.1, -0.05) is 6.92 Å². The predicted octanol–water partition coefficient (Wildman–Crippen LogP) is 0.142. The van der Waals surface area contributed by atoms with Crippen LogP contribution in [0.1, 0.15) is 13.3 Å². The Morgan fingerprint density at radius 3 is 2.38 bits per heavy atom. The predicted molar refractivity (Wildman–Crippen MR) is 30.8 cm³/mol. The first kappa shape index (κ1) is 7.91. The molecule has 3 nitrogen and oxygen atoms in total. The Kier molecular flexibility index (Phi) is 3.81. The van der Waals surface area contributed by atoms with E-state index in [4.69, 9.17) is 0 Å². The third-order valence-electron chi connectivity index (χ3n) is 0.690. The molecular formula is C4H9O3S. The molecule has 0 heterocycles. The fourth-order valence-corrected chi connectivity index (χ4v) is 0.589. The Balaban J connectivity index is 3.39. The van der Waals surface area contributed by atoms with Crippen molar-refractivity contribution in [3.8, 4) is 0 Å². The monoisotopic (exact) mass is 137 g/mol. The zero-order valence-corrected chi connectivity index (χ0v) is 5.56. The summed E-state index contributed by atoms with van der Waals surface area (Å²) in [5.41, 5.74) is 0. The quantitative estimate of drug-likeness (QED) is 0.563. The second-order valence-corrected chi connectivity index (χ2v) is 2.02. The van der Waals surface area contributed by atoms with Crippen molar-refractivity contribution in [1.82, 2.24) is 0 Å². The Morgan fingerprint density at radius 1 is 1.75 bits per heavy atom. The normalized spacial score (nSPS) is 14.4. The fraction of sp³-hybridized carbons (Fsp3) is 0.750. The van der Waals surface area contributed by atoms with Crippen LogP contribution in [0.3, 0.4) is 0 Å². The lowest BCUT2D eigenvalue weighted by atomic mass is 10.3. The maximum Gasteiger partial charge on any atom is 0.257 e. The van der Waals surface area contributed by atoms with Gasteiger partial charge in [0.15, 0.2) is 0 Å². The van der Waals surface area contributed by atoms with Crippen LogP contribution in [0.25, 0.3) is 0 Å². The molecule has 0 spiro atoms. The average Bonchev–Trinajstić information content (AvgIpc) is 1.65. The standard InChI is InChI=1S/C4H9O3S/c1-3-4(2)7-8(5)6/h4,8H,2-3H2,1H3. The van der Waals surface area contributed by atoms with Crippen LogP contribution in [0.2, 0.25) is 0 Å². The summed E-state index contributed by atoms with van der Waals surface area (Å²) >= 11 is 0. The SMILES string of the molecule is [CH2]C(CC)O[SH](=O)=O. The Bertz CT molecular complexity index is 110. The third kappa shape index (κ3) is 4.08. The smallest absolute Gasteiger partial charge is 0.257 e. The van der Waals surface area contributed by atoms with Crippen molar-refractivity contribution in [1.29, 1.82) is 0 Å². The van der Waals surface area contributed by atoms with Crippen LogP contribution >= 0.6 is 0 Å². The highest BCUT2D eigenvalue weighted by Gasteiger charge is 1.96. The number of thiol groups is 1. The molecule has 0 aliphatic heterocycles. The van der Waals surface area contributed by atoms with Crippen molar-refractivity contribution in [3.63, 3.8) is 0 Å². The van der Waals surface area contributed by atoms with E-state index in [0.29, 0.717) is 6.42 Å². The van der Waals surface area contributed by atoms with Gasteiger partial charge < -0.3 is 0 Å². The van der Waals surface area contributed by atoms with Crippen molar-refractivity contribution in [2.24, 2.45) is 0 Å². The summed E-state index contributed by atoms with van der Waals surface area (Å²) in [6, 6.07) is 0. The van der Waals surface area contributed by atoms with Gasteiger partial charge in [-0.25, -0.2) is 8.42 Å². The van der Waals surface area contributed by atoms with Gasteiger partial charge in [0.2, 0.25) is 0 Å². The highest BCUT2D eigenvalue weighted by Crippen LogP contribution is 1.93. The highest BCUT2D eigenvalue weighted by molar-refractivity contribution is 7.67. The number of hydrogen-bond donors (Lipinski definition) is 1. The Morgan fingerprint density at radius 2 is 2.25 bits per heavy atom. The molecule has 49 valence electrons. The highest BCUT2D eigenvalue weighted by atomic mass is 32.2. The minimum absolute atomic E-state index is 0.420. The molecule has 0 aromatic carbocycles. The molecule has 0 rings (SSSR count). The van der Waals surface area contributed by atoms with Crippen molar-refractivity contribution >= 4 is 11.0 Å². The van der Waals surface area contributed by atoms with Gasteiger partial charge in [0.05, 0.1) is 6.10 Å². The molecule has 0 aromatic rings. The van der Waals surface area contributed by atoms with E-state index >= 15 is 0 Å². The molecule has 0 fully saturated rings. The molecular weight excluding hydrogens is 128 g/mol. The first-order valence-corrected chi connectivity index (χ1v) is 3.40. The van der Waals surface area contributed by atoms with Gasteiger partial charge in [0, 0.05) is 0 Å². The van der Waals surface area contributed by atoms with Crippen molar-refractivity contribution < 1.29 is 12.6 Å². The molecule has 4 heteroatoms. The summed E-state index contributed by atoms with van der Waals surface area (Å²) in [5.74, 6) is 0. The van der Waals surface area contributed by atoms with Crippen LogP contribution < -0.4 is 0 Å². The van der Waals surface area contributed by atoms with Crippen molar-refractivity contribution in [2.75, 3.05) is 0 Å². The lowest BCUT2D eigenvalue weighted by Gasteiger charge is -2.00. The van der Waals surface area contributed by atoms with Crippen LogP contribution in [0.4, 0.5) is 0 Å². The molecule has 0 aliphatic carbocycles. The fourth-order valence-electron chi connectivity index (χ4n) is 0.196. The van der Waals surface area contributed by atoms with Gasteiger partial charge in [-0.3, -0.25) is 4.18 Å². The third-order valence-corrected chi connectivity index (χ3v) is 1.16. The molecule has 0 aliphatic rings. The van der Waals surface area contributed by atoms with Gasteiger partial charge in [0.25, 0.3) is 11.0 Å². The second kappa shape index (κ2) is 3.86. The largest absolute Gasteiger partial charge is 0.269 e. The minimum atomic E-state index is -2.71. The molecule has 0 N–H and O–H groups in total. The van der Waals surface area contributed by atoms with Crippen LogP contribution in [0.5, 0.6) is 0 Å². The Hall–Kier alpha value is -0.0900. The van der Waals surface area contributed by atoms with Crippen LogP contribution in [-0.2, 0) is 15.2 Å². The number of hydrogen-bond acceptors (Lipinski definition) is 3. The molecule has 1 radical (unpaired) electrons. The number of rotatable bonds is 3. The van der Waals surface area contributed by atoms with E-state index in [0.717, 1.165) is 0 Å². The van der Waals surface area contributed by atoms with E-state index < -0.39 is 17.1 Å². The van der Waals surface area contributed by atoms with Crippen molar-refractivity contribution in [3.05, 3.63) is 6.92 Å². The molecule has 0 amide bonds. The summed E-state index contributed by atoms with van der Waals surface area (Å²) in [4.78, 5) is 0. The summed E-state index contributed by atoms with van der Waals surface area (Å²) in [6.45, 7) is 5.19. The van der Waals surface area contributed by atoms with E-state index in [-0.39, 0.29) is 0 Å². The molecule has 0 aromatic heterocycles. The van der Waals surface area contributed by atoms with Crippen LogP contribution in [0, 0.1) is 6.92 Å². The topological polar surface area (TPSA) is 43.4 Å². The van der Waals surface area contributed by atoms with E-state index in [2.05, 4.69) is 11.1 Å². The molecule has 0 saturated carbocycles. The van der Waals surface area contributed by atoms with Gasteiger partial charge in [-0.15, -0.1) is 0 Å². The molecule has 1 unspecified atom stereocenters.